The van der Waals surface area contributed by atoms with Crippen molar-refractivity contribution in [3.8, 4) is 0 Å². The second-order valence-corrected chi connectivity index (χ2v) is 4.22. The fourth-order valence-corrected chi connectivity index (χ4v) is 1.75. The molecule has 0 heterocycles. The number of carbonyl (C=O) groups excluding carboxylic acids is 2. The number of rotatable bonds is 6. The third-order valence-electron chi connectivity index (χ3n) is 2.80. The number of halogens is 1. The molecule has 0 radical (unpaired) electrons. The molecule has 0 aliphatic carbocycles. The SMILES string of the molecule is CCC(=O)C[C@@H](Cc1ccccc1F)NC(=O)OC. The van der Waals surface area contributed by atoms with E-state index in [2.05, 4.69) is 10.1 Å². The topological polar surface area (TPSA) is 55.4 Å². The Bertz CT molecular complexity index is 430. The second kappa shape index (κ2) is 7.51. The Balaban J connectivity index is 2.75. The fourth-order valence-electron chi connectivity index (χ4n) is 1.75. The van der Waals surface area contributed by atoms with Gasteiger partial charge in [-0.1, -0.05) is 25.1 Å². The first-order valence-electron chi connectivity index (χ1n) is 6.16. The Hall–Kier alpha value is -1.91. The van der Waals surface area contributed by atoms with Gasteiger partial charge in [-0.2, -0.15) is 0 Å². The Morgan fingerprint density at radius 1 is 1.37 bits per heavy atom. The van der Waals surface area contributed by atoms with Crippen molar-refractivity contribution in [2.75, 3.05) is 7.11 Å². The van der Waals surface area contributed by atoms with E-state index in [0.29, 0.717) is 12.0 Å². The lowest BCUT2D eigenvalue weighted by atomic mass is 10.00. The van der Waals surface area contributed by atoms with Crippen molar-refractivity contribution in [2.24, 2.45) is 0 Å². The Morgan fingerprint density at radius 3 is 2.63 bits per heavy atom. The quantitative estimate of drug-likeness (QED) is 0.861. The Kier molecular flexibility index (Phi) is 5.99. The second-order valence-electron chi connectivity index (χ2n) is 4.22. The van der Waals surface area contributed by atoms with Gasteiger partial charge in [-0.05, 0) is 18.1 Å². The van der Waals surface area contributed by atoms with Crippen LogP contribution in [0.2, 0.25) is 0 Å². The van der Waals surface area contributed by atoms with Crippen LogP contribution < -0.4 is 5.32 Å². The number of ketones is 1. The predicted octanol–water partition coefficient (Wildman–Crippen LogP) is 2.46. The predicted molar refractivity (Wildman–Crippen MR) is 69.3 cm³/mol. The van der Waals surface area contributed by atoms with Crippen molar-refractivity contribution >= 4 is 11.9 Å². The summed E-state index contributed by atoms with van der Waals surface area (Å²) in [6.45, 7) is 1.75. The number of benzene rings is 1. The summed E-state index contributed by atoms with van der Waals surface area (Å²) in [5.41, 5.74) is 0.466. The largest absolute Gasteiger partial charge is 0.453 e. The molecule has 19 heavy (non-hydrogen) atoms. The molecule has 1 rings (SSSR count). The third-order valence-corrected chi connectivity index (χ3v) is 2.80. The Morgan fingerprint density at radius 2 is 2.05 bits per heavy atom. The van der Waals surface area contributed by atoms with Gasteiger partial charge in [0.25, 0.3) is 0 Å². The fraction of sp³-hybridized carbons (Fsp3) is 0.429. The zero-order valence-electron chi connectivity index (χ0n) is 11.1. The molecule has 0 aliphatic heterocycles. The van der Waals surface area contributed by atoms with Gasteiger partial charge in [0.2, 0.25) is 0 Å². The first-order valence-corrected chi connectivity index (χ1v) is 6.16. The van der Waals surface area contributed by atoms with Gasteiger partial charge in [0, 0.05) is 18.9 Å². The van der Waals surface area contributed by atoms with E-state index in [9.17, 15) is 14.0 Å². The molecule has 0 spiro atoms. The summed E-state index contributed by atoms with van der Waals surface area (Å²) in [5.74, 6) is -0.333. The van der Waals surface area contributed by atoms with Crippen molar-refractivity contribution in [3.05, 3.63) is 35.6 Å². The van der Waals surface area contributed by atoms with Crippen LogP contribution in [-0.2, 0) is 16.0 Å². The highest BCUT2D eigenvalue weighted by Crippen LogP contribution is 2.11. The van der Waals surface area contributed by atoms with Gasteiger partial charge in [0.05, 0.1) is 7.11 Å². The molecule has 1 N–H and O–H groups in total. The van der Waals surface area contributed by atoms with Gasteiger partial charge >= 0.3 is 6.09 Å². The Labute approximate surface area is 112 Å². The van der Waals surface area contributed by atoms with E-state index < -0.39 is 12.1 Å². The summed E-state index contributed by atoms with van der Waals surface area (Å²) in [6, 6.07) is 5.84. The molecule has 1 aromatic carbocycles. The van der Waals surface area contributed by atoms with E-state index >= 15 is 0 Å². The lowest BCUT2D eigenvalue weighted by Gasteiger charge is -2.17. The number of ether oxygens (including phenoxy) is 1. The summed E-state index contributed by atoms with van der Waals surface area (Å²) < 4.78 is 18.1. The molecule has 0 saturated heterocycles. The minimum atomic E-state index is -0.620. The maximum absolute atomic E-state index is 13.6. The summed E-state index contributed by atoms with van der Waals surface area (Å²) in [5, 5.41) is 2.56. The van der Waals surface area contributed by atoms with Crippen molar-refractivity contribution in [1.82, 2.24) is 5.32 Å². The third kappa shape index (κ3) is 5.07. The molecule has 0 aromatic heterocycles. The van der Waals surface area contributed by atoms with E-state index in [1.807, 2.05) is 0 Å². The molecule has 1 aromatic rings. The van der Waals surface area contributed by atoms with E-state index in [0.717, 1.165) is 0 Å². The number of carbonyl (C=O) groups is 2. The minimum Gasteiger partial charge on any atom is -0.453 e. The van der Waals surface area contributed by atoms with Crippen molar-refractivity contribution < 1.29 is 18.7 Å². The van der Waals surface area contributed by atoms with Gasteiger partial charge in [0.1, 0.15) is 11.6 Å². The molecule has 0 unspecified atom stereocenters. The van der Waals surface area contributed by atoms with Crippen molar-refractivity contribution in [3.63, 3.8) is 0 Å². The van der Waals surface area contributed by atoms with Crippen LogP contribution in [0.25, 0.3) is 0 Å². The first kappa shape index (κ1) is 15.1. The number of amides is 1. The van der Waals surface area contributed by atoms with Crippen LogP contribution in [0.15, 0.2) is 24.3 Å². The highest BCUT2D eigenvalue weighted by molar-refractivity contribution is 5.79. The average Bonchev–Trinajstić information content (AvgIpc) is 2.40. The van der Waals surface area contributed by atoms with Gasteiger partial charge < -0.3 is 10.1 Å². The van der Waals surface area contributed by atoms with Gasteiger partial charge in [-0.15, -0.1) is 0 Å². The summed E-state index contributed by atoms with van der Waals surface area (Å²) in [6.07, 6.45) is 0.189. The molecule has 0 bridgehead atoms. The zero-order chi connectivity index (χ0) is 14.3. The molecule has 5 heteroatoms. The monoisotopic (exact) mass is 267 g/mol. The standard InChI is InChI=1S/C14H18FNO3/c1-3-12(17)9-11(16-14(18)19-2)8-10-6-4-5-7-13(10)15/h4-7,11H,3,8-9H2,1-2H3,(H,16,18)/t11-/m1/s1. The zero-order valence-corrected chi connectivity index (χ0v) is 11.1. The molecule has 104 valence electrons. The highest BCUT2D eigenvalue weighted by Gasteiger charge is 2.17. The van der Waals surface area contributed by atoms with Crippen molar-refractivity contribution in [2.45, 2.75) is 32.2 Å². The first-order chi connectivity index (χ1) is 9.06. The van der Waals surface area contributed by atoms with Crippen LogP contribution in [-0.4, -0.2) is 25.0 Å². The molecule has 0 fully saturated rings. The minimum absolute atomic E-state index is 0.0118. The summed E-state index contributed by atoms with van der Waals surface area (Å²) >= 11 is 0. The number of methoxy groups -OCH3 is 1. The molecule has 0 aliphatic rings. The molecular weight excluding hydrogens is 249 g/mol. The number of hydrogen-bond donors (Lipinski definition) is 1. The molecular formula is C14H18FNO3. The lowest BCUT2D eigenvalue weighted by molar-refractivity contribution is -0.119. The number of nitrogens with one attached hydrogen (secondary N) is 1. The van der Waals surface area contributed by atoms with Gasteiger partial charge in [-0.25, -0.2) is 9.18 Å². The average molecular weight is 267 g/mol. The summed E-state index contributed by atoms with van der Waals surface area (Å²) in [7, 11) is 1.25. The maximum Gasteiger partial charge on any atom is 0.407 e. The molecule has 0 saturated carbocycles. The van der Waals surface area contributed by atoms with Crippen LogP contribution in [0.3, 0.4) is 0 Å². The normalized spacial score (nSPS) is 11.7. The lowest BCUT2D eigenvalue weighted by Crippen LogP contribution is -2.38. The number of Topliss-reactive ketones (excluding diaryl/α,β-unsaturated/α-hetero) is 1. The van der Waals surface area contributed by atoms with Crippen LogP contribution in [0.5, 0.6) is 0 Å². The highest BCUT2D eigenvalue weighted by atomic mass is 19.1. The van der Waals surface area contributed by atoms with Gasteiger partial charge in [-0.3, -0.25) is 4.79 Å². The van der Waals surface area contributed by atoms with Crippen LogP contribution in [0.1, 0.15) is 25.3 Å². The number of alkyl carbamates (subject to hydrolysis) is 1. The van der Waals surface area contributed by atoms with E-state index in [-0.39, 0.29) is 24.4 Å². The van der Waals surface area contributed by atoms with E-state index in [4.69, 9.17) is 0 Å². The van der Waals surface area contributed by atoms with Crippen LogP contribution in [0.4, 0.5) is 9.18 Å². The smallest absolute Gasteiger partial charge is 0.407 e. The number of hydrogen-bond acceptors (Lipinski definition) is 3. The molecule has 1 amide bonds. The van der Waals surface area contributed by atoms with E-state index in [1.165, 1.54) is 13.2 Å². The maximum atomic E-state index is 13.6. The van der Waals surface area contributed by atoms with E-state index in [1.54, 1.807) is 25.1 Å². The molecule has 1 atom stereocenters. The van der Waals surface area contributed by atoms with Gasteiger partial charge in [0.15, 0.2) is 0 Å². The van der Waals surface area contributed by atoms with Crippen LogP contribution >= 0.6 is 0 Å². The van der Waals surface area contributed by atoms with Crippen molar-refractivity contribution in [1.29, 1.82) is 0 Å². The summed E-state index contributed by atoms with van der Waals surface area (Å²) in [4.78, 5) is 22.7. The van der Waals surface area contributed by atoms with Crippen LogP contribution in [0, 0.1) is 5.82 Å². The molecule has 4 nitrogen and oxygen atoms in total.